The molecule has 1 fully saturated rings. The summed E-state index contributed by atoms with van der Waals surface area (Å²) in [5.74, 6) is -0.538. The highest BCUT2D eigenvalue weighted by atomic mass is 35.5. The third-order valence-corrected chi connectivity index (χ3v) is 5.53. The molecule has 1 unspecified atom stereocenters. The summed E-state index contributed by atoms with van der Waals surface area (Å²) in [5.41, 5.74) is 1.06. The molecule has 0 saturated carbocycles. The Balaban J connectivity index is 1.50. The lowest BCUT2D eigenvalue weighted by molar-refractivity contribution is -0.0678. The largest absolute Gasteiger partial charge is 0.462 e. The fourth-order valence-electron chi connectivity index (χ4n) is 3.56. The number of anilines is 2. The SMILES string of the molecule is CCOC(=O)c1cncc(-c2cnc(N3CCOC(CO)(Nc4ccc(F)c(Cl)c4)C3)nc2)c1. The van der Waals surface area contributed by atoms with E-state index in [0.29, 0.717) is 41.5 Å². The van der Waals surface area contributed by atoms with Crippen LogP contribution < -0.4 is 10.2 Å². The maximum absolute atomic E-state index is 13.5. The van der Waals surface area contributed by atoms with Crippen LogP contribution in [-0.4, -0.2) is 64.7 Å². The summed E-state index contributed by atoms with van der Waals surface area (Å²) in [5, 5.41) is 13.2. The number of hydrogen-bond donors (Lipinski definition) is 2. The fraction of sp³-hybridized carbons (Fsp3) is 0.304. The number of carbonyl (C=O) groups excluding carboxylic acids is 1. The second-order valence-corrected chi connectivity index (χ2v) is 8.04. The van der Waals surface area contributed by atoms with Crippen molar-refractivity contribution in [2.24, 2.45) is 0 Å². The molecule has 0 aliphatic carbocycles. The van der Waals surface area contributed by atoms with E-state index in [-0.39, 0.29) is 24.8 Å². The van der Waals surface area contributed by atoms with Crippen LogP contribution in [0, 0.1) is 5.82 Å². The van der Waals surface area contributed by atoms with Crippen molar-refractivity contribution in [2.45, 2.75) is 12.6 Å². The minimum Gasteiger partial charge on any atom is -0.462 e. The number of hydrogen-bond acceptors (Lipinski definition) is 9. The second kappa shape index (κ2) is 10.3. The van der Waals surface area contributed by atoms with E-state index in [1.54, 1.807) is 31.6 Å². The summed E-state index contributed by atoms with van der Waals surface area (Å²) in [7, 11) is 0. The van der Waals surface area contributed by atoms with E-state index in [1.165, 1.54) is 24.4 Å². The molecule has 178 valence electrons. The molecule has 1 aliphatic heterocycles. The quantitative estimate of drug-likeness (QED) is 0.485. The Bertz CT molecular complexity index is 1170. The van der Waals surface area contributed by atoms with Gasteiger partial charge in [-0.15, -0.1) is 0 Å². The maximum Gasteiger partial charge on any atom is 0.339 e. The number of morpholine rings is 1. The Morgan fingerprint density at radius 1 is 1.26 bits per heavy atom. The van der Waals surface area contributed by atoms with Crippen molar-refractivity contribution in [2.75, 3.05) is 43.1 Å². The van der Waals surface area contributed by atoms with Crippen LogP contribution in [0.2, 0.25) is 5.02 Å². The molecule has 11 heteroatoms. The van der Waals surface area contributed by atoms with Crippen molar-refractivity contribution < 1.29 is 23.8 Å². The number of rotatable bonds is 7. The standard InChI is InChI=1S/C23H23ClFN5O4/c1-2-33-21(32)16-7-15(9-26-10-16)17-11-27-22(28-12-17)30-5-6-34-23(13-30,14-31)29-18-3-4-20(25)19(24)8-18/h3-4,7-12,29,31H,2,5-6,13-14H2,1H3. The molecule has 0 bridgehead atoms. The van der Waals surface area contributed by atoms with E-state index >= 15 is 0 Å². The zero-order chi connectivity index (χ0) is 24.1. The summed E-state index contributed by atoms with van der Waals surface area (Å²) in [6, 6.07) is 5.86. The first-order valence-electron chi connectivity index (χ1n) is 10.6. The molecule has 3 heterocycles. The summed E-state index contributed by atoms with van der Waals surface area (Å²) in [4.78, 5) is 26.9. The molecule has 0 radical (unpaired) electrons. The Morgan fingerprint density at radius 2 is 2.06 bits per heavy atom. The Hall–Kier alpha value is -3.34. The average Bonchev–Trinajstić information content (AvgIpc) is 2.87. The van der Waals surface area contributed by atoms with Gasteiger partial charge >= 0.3 is 5.97 Å². The van der Waals surface area contributed by atoms with E-state index in [0.717, 1.165) is 0 Å². The van der Waals surface area contributed by atoms with Gasteiger partial charge in [-0.05, 0) is 31.2 Å². The van der Waals surface area contributed by atoms with Crippen LogP contribution in [0.4, 0.5) is 16.0 Å². The monoisotopic (exact) mass is 487 g/mol. The number of aliphatic hydroxyl groups is 1. The topological polar surface area (TPSA) is 110 Å². The van der Waals surface area contributed by atoms with Gasteiger partial charge in [-0.25, -0.2) is 19.2 Å². The van der Waals surface area contributed by atoms with E-state index in [2.05, 4.69) is 20.3 Å². The molecule has 2 aromatic heterocycles. The van der Waals surface area contributed by atoms with Gasteiger partial charge in [0.05, 0.1) is 37.0 Å². The molecule has 4 rings (SSSR count). The maximum atomic E-state index is 13.5. The van der Waals surface area contributed by atoms with Gasteiger partial charge in [0.2, 0.25) is 5.95 Å². The van der Waals surface area contributed by atoms with E-state index in [1.807, 2.05) is 4.90 Å². The average molecular weight is 488 g/mol. The van der Waals surface area contributed by atoms with Crippen molar-refractivity contribution in [1.82, 2.24) is 15.0 Å². The fourth-order valence-corrected chi connectivity index (χ4v) is 3.74. The van der Waals surface area contributed by atoms with Crippen LogP contribution in [0.1, 0.15) is 17.3 Å². The Kier molecular flexibility index (Phi) is 7.20. The lowest BCUT2D eigenvalue weighted by Crippen LogP contribution is -2.59. The summed E-state index contributed by atoms with van der Waals surface area (Å²) < 4.78 is 24.4. The van der Waals surface area contributed by atoms with Crippen LogP contribution in [0.15, 0.2) is 49.1 Å². The normalized spacial score (nSPS) is 17.9. The van der Waals surface area contributed by atoms with Gasteiger partial charge in [0.1, 0.15) is 5.82 Å². The molecular weight excluding hydrogens is 465 g/mol. The van der Waals surface area contributed by atoms with Crippen LogP contribution in [0.3, 0.4) is 0 Å². The highest BCUT2D eigenvalue weighted by Gasteiger charge is 2.37. The van der Waals surface area contributed by atoms with Crippen molar-refractivity contribution in [3.63, 3.8) is 0 Å². The number of benzene rings is 1. The highest BCUT2D eigenvalue weighted by molar-refractivity contribution is 6.31. The summed E-state index contributed by atoms with van der Waals surface area (Å²) in [6.45, 7) is 2.72. The zero-order valence-electron chi connectivity index (χ0n) is 18.4. The van der Waals surface area contributed by atoms with Gasteiger partial charge in [0.15, 0.2) is 5.72 Å². The molecule has 1 atom stereocenters. The molecule has 34 heavy (non-hydrogen) atoms. The predicted octanol–water partition coefficient (Wildman–Crippen LogP) is 3.15. The van der Waals surface area contributed by atoms with Crippen LogP contribution in [0.25, 0.3) is 11.1 Å². The Morgan fingerprint density at radius 3 is 2.76 bits per heavy atom. The first kappa shape index (κ1) is 23.8. The van der Waals surface area contributed by atoms with Crippen molar-refractivity contribution in [1.29, 1.82) is 0 Å². The first-order valence-corrected chi connectivity index (χ1v) is 11.0. The van der Waals surface area contributed by atoms with Gasteiger partial charge in [0, 0.05) is 48.1 Å². The van der Waals surface area contributed by atoms with Gasteiger partial charge < -0.3 is 24.8 Å². The molecule has 1 aromatic carbocycles. The number of nitrogens with zero attached hydrogens (tertiary/aromatic N) is 4. The second-order valence-electron chi connectivity index (χ2n) is 7.63. The number of halogens is 2. The predicted molar refractivity (Wildman–Crippen MR) is 124 cm³/mol. The number of pyridine rings is 1. The zero-order valence-corrected chi connectivity index (χ0v) is 19.1. The van der Waals surface area contributed by atoms with Gasteiger partial charge in [0.25, 0.3) is 0 Å². The first-order chi connectivity index (χ1) is 16.4. The van der Waals surface area contributed by atoms with Gasteiger partial charge in [-0.3, -0.25) is 4.98 Å². The van der Waals surface area contributed by atoms with Crippen molar-refractivity contribution in [3.05, 3.63) is 65.5 Å². The van der Waals surface area contributed by atoms with Gasteiger partial charge in [-0.2, -0.15) is 0 Å². The summed E-state index contributed by atoms with van der Waals surface area (Å²) in [6.07, 6.45) is 6.33. The minimum absolute atomic E-state index is 0.0359. The van der Waals surface area contributed by atoms with Crippen LogP contribution in [-0.2, 0) is 9.47 Å². The van der Waals surface area contributed by atoms with Crippen molar-refractivity contribution >= 4 is 29.2 Å². The number of aromatic nitrogens is 3. The third kappa shape index (κ3) is 5.24. The lowest BCUT2D eigenvalue weighted by Gasteiger charge is -2.42. The molecule has 1 aliphatic rings. The number of ether oxygens (including phenoxy) is 2. The molecule has 3 aromatic rings. The van der Waals surface area contributed by atoms with Crippen molar-refractivity contribution in [3.8, 4) is 11.1 Å². The summed E-state index contributed by atoms with van der Waals surface area (Å²) >= 11 is 5.87. The molecule has 0 amide bonds. The van der Waals surface area contributed by atoms with E-state index in [4.69, 9.17) is 21.1 Å². The number of carbonyl (C=O) groups is 1. The number of nitrogens with one attached hydrogen (secondary N) is 1. The molecule has 9 nitrogen and oxygen atoms in total. The minimum atomic E-state index is -1.15. The molecule has 0 spiro atoms. The van der Waals surface area contributed by atoms with Crippen LogP contribution in [0.5, 0.6) is 0 Å². The lowest BCUT2D eigenvalue weighted by atomic mass is 10.1. The number of aliphatic hydroxyl groups excluding tert-OH is 1. The Labute approximate surface area is 200 Å². The molecule has 2 N–H and O–H groups in total. The smallest absolute Gasteiger partial charge is 0.339 e. The molecular formula is C23H23ClFN5O4. The van der Waals surface area contributed by atoms with E-state index < -0.39 is 17.5 Å². The van der Waals surface area contributed by atoms with E-state index in [9.17, 15) is 14.3 Å². The highest BCUT2D eigenvalue weighted by Crippen LogP contribution is 2.27. The third-order valence-electron chi connectivity index (χ3n) is 5.24. The van der Waals surface area contributed by atoms with Crippen LogP contribution >= 0.6 is 11.6 Å². The van der Waals surface area contributed by atoms with Gasteiger partial charge in [-0.1, -0.05) is 11.6 Å². The molecule has 1 saturated heterocycles. The number of esters is 1.